The maximum atomic E-state index is 13.1. The summed E-state index contributed by atoms with van der Waals surface area (Å²) >= 11 is 0. The van der Waals surface area contributed by atoms with Crippen LogP contribution in [0.3, 0.4) is 0 Å². The molecule has 5 nitrogen and oxygen atoms in total. The highest BCUT2D eigenvalue weighted by atomic mass is 19.1. The first-order chi connectivity index (χ1) is 12.5. The summed E-state index contributed by atoms with van der Waals surface area (Å²) in [7, 11) is 0. The third-order valence-electron chi connectivity index (χ3n) is 4.54. The SMILES string of the molecule is Cc1cc(C)cc(-c2nc([C@@H]3CC(=O)N(c4ccc(F)cc4)C3)no2)c1. The number of nitrogens with zero attached hydrogens (tertiary/aromatic N) is 3. The van der Waals surface area contributed by atoms with Crippen LogP contribution in [0.1, 0.15) is 29.3 Å². The molecule has 0 N–H and O–H groups in total. The lowest BCUT2D eigenvalue weighted by Gasteiger charge is -2.15. The minimum atomic E-state index is -0.326. The van der Waals surface area contributed by atoms with Gasteiger partial charge < -0.3 is 9.42 Å². The summed E-state index contributed by atoms with van der Waals surface area (Å²) in [4.78, 5) is 18.5. The number of halogens is 1. The maximum absolute atomic E-state index is 13.1. The Morgan fingerprint density at radius 2 is 1.81 bits per heavy atom. The third-order valence-corrected chi connectivity index (χ3v) is 4.54. The normalized spacial score (nSPS) is 17.1. The molecular weight excluding hydrogens is 333 g/mol. The van der Waals surface area contributed by atoms with Crippen LogP contribution in [0.5, 0.6) is 0 Å². The van der Waals surface area contributed by atoms with Crippen LogP contribution in [-0.2, 0) is 4.79 Å². The van der Waals surface area contributed by atoms with E-state index in [-0.39, 0.29) is 17.6 Å². The van der Waals surface area contributed by atoms with Crippen molar-refractivity contribution in [1.29, 1.82) is 0 Å². The van der Waals surface area contributed by atoms with Crippen molar-refractivity contribution in [3.8, 4) is 11.5 Å². The molecule has 2 aromatic carbocycles. The van der Waals surface area contributed by atoms with Crippen molar-refractivity contribution in [2.24, 2.45) is 0 Å². The molecule has 0 saturated carbocycles. The minimum absolute atomic E-state index is 0.0284. The molecule has 3 aromatic rings. The van der Waals surface area contributed by atoms with Crippen LogP contribution in [0, 0.1) is 19.7 Å². The Balaban J connectivity index is 1.56. The molecule has 6 heteroatoms. The number of hydrogen-bond donors (Lipinski definition) is 0. The number of carbonyl (C=O) groups excluding carboxylic acids is 1. The van der Waals surface area contributed by atoms with Crippen molar-refractivity contribution >= 4 is 11.6 Å². The van der Waals surface area contributed by atoms with Crippen LogP contribution in [0.25, 0.3) is 11.5 Å². The van der Waals surface area contributed by atoms with E-state index < -0.39 is 0 Å². The molecule has 1 aromatic heterocycles. The number of aryl methyl sites for hydroxylation is 2. The molecule has 132 valence electrons. The van der Waals surface area contributed by atoms with Crippen LogP contribution >= 0.6 is 0 Å². The average molecular weight is 351 g/mol. The highest BCUT2D eigenvalue weighted by molar-refractivity contribution is 5.96. The number of hydrogen-bond acceptors (Lipinski definition) is 4. The number of benzene rings is 2. The fourth-order valence-corrected chi connectivity index (χ4v) is 3.37. The zero-order valence-electron chi connectivity index (χ0n) is 14.6. The summed E-state index contributed by atoms with van der Waals surface area (Å²) in [5.74, 6) is 0.486. The molecule has 26 heavy (non-hydrogen) atoms. The van der Waals surface area contributed by atoms with Crippen molar-refractivity contribution < 1.29 is 13.7 Å². The van der Waals surface area contributed by atoms with Gasteiger partial charge in [0.1, 0.15) is 5.82 Å². The summed E-state index contributed by atoms with van der Waals surface area (Å²) in [6, 6.07) is 12.0. The van der Waals surface area contributed by atoms with Crippen LogP contribution in [0.15, 0.2) is 47.0 Å². The first kappa shape index (κ1) is 16.4. The summed E-state index contributed by atoms with van der Waals surface area (Å²) < 4.78 is 18.5. The van der Waals surface area contributed by atoms with Gasteiger partial charge in [-0.2, -0.15) is 4.98 Å². The molecule has 1 fully saturated rings. The number of anilines is 1. The van der Waals surface area contributed by atoms with E-state index in [1.54, 1.807) is 17.0 Å². The van der Waals surface area contributed by atoms with Crippen molar-refractivity contribution in [3.63, 3.8) is 0 Å². The molecule has 0 radical (unpaired) electrons. The van der Waals surface area contributed by atoms with E-state index >= 15 is 0 Å². The predicted molar refractivity (Wildman–Crippen MR) is 95.3 cm³/mol. The van der Waals surface area contributed by atoms with Crippen LogP contribution in [0.2, 0.25) is 0 Å². The Morgan fingerprint density at radius 3 is 2.50 bits per heavy atom. The lowest BCUT2D eigenvalue weighted by molar-refractivity contribution is -0.117. The van der Waals surface area contributed by atoms with E-state index in [0.29, 0.717) is 30.4 Å². The zero-order valence-corrected chi connectivity index (χ0v) is 14.6. The molecule has 2 heterocycles. The van der Waals surface area contributed by atoms with Gasteiger partial charge in [0.2, 0.25) is 5.91 Å². The number of aromatic nitrogens is 2. The van der Waals surface area contributed by atoms with E-state index in [1.807, 2.05) is 26.0 Å². The molecule has 1 aliphatic heterocycles. The summed E-state index contributed by atoms with van der Waals surface area (Å²) in [5, 5.41) is 4.09. The van der Waals surface area contributed by atoms with Gasteiger partial charge in [-0.05, 0) is 50.2 Å². The second-order valence-electron chi connectivity index (χ2n) is 6.72. The van der Waals surface area contributed by atoms with Crippen LogP contribution in [0.4, 0.5) is 10.1 Å². The van der Waals surface area contributed by atoms with Gasteiger partial charge in [0, 0.05) is 30.1 Å². The molecule has 0 bridgehead atoms. The van der Waals surface area contributed by atoms with Gasteiger partial charge in [0.05, 0.1) is 0 Å². The third kappa shape index (κ3) is 3.10. The van der Waals surface area contributed by atoms with Crippen molar-refractivity contribution in [3.05, 3.63) is 65.2 Å². The summed E-state index contributed by atoms with van der Waals surface area (Å²) in [6.45, 7) is 4.49. The minimum Gasteiger partial charge on any atom is -0.334 e. The quantitative estimate of drug-likeness (QED) is 0.715. The van der Waals surface area contributed by atoms with Gasteiger partial charge in [-0.1, -0.05) is 22.3 Å². The predicted octanol–water partition coefficient (Wildman–Crippen LogP) is 4.01. The van der Waals surface area contributed by atoms with Crippen molar-refractivity contribution in [1.82, 2.24) is 10.1 Å². The fourth-order valence-electron chi connectivity index (χ4n) is 3.37. The van der Waals surface area contributed by atoms with E-state index in [9.17, 15) is 9.18 Å². The molecule has 1 amide bonds. The van der Waals surface area contributed by atoms with Crippen molar-refractivity contribution in [2.45, 2.75) is 26.2 Å². The van der Waals surface area contributed by atoms with Gasteiger partial charge in [-0.3, -0.25) is 4.79 Å². The maximum Gasteiger partial charge on any atom is 0.257 e. The second kappa shape index (κ2) is 6.37. The lowest BCUT2D eigenvalue weighted by Crippen LogP contribution is -2.24. The van der Waals surface area contributed by atoms with Crippen LogP contribution in [-0.4, -0.2) is 22.6 Å². The average Bonchev–Trinajstić information content (AvgIpc) is 3.22. The Kier molecular flexibility index (Phi) is 4.03. The molecular formula is C20H18FN3O2. The fraction of sp³-hybridized carbons (Fsp3) is 0.250. The largest absolute Gasteiger partial charge is 0.334 e. The van der Waals surface area contributed by atoms with E-state index in [1.165, 1.54) is 12.1 Å². The first-order valence-electron chi connectivity index (χ1n) is 8.48. The van der Waals surface area contributed by atoms with Crippen LogP contribution < -0.4 is 4.90 Å². The Bertz CT molecular complexity index is 945. The highest BCUT2D eigenvalue weighted by Gasteiger charge is 2.34. The Morgan fingerprint density at radius 1 is 1.12 bits per heavy atom. The van der Waals surface area contributed by atoms with Gasteiger partial charge in [-0.15, -0.1) is 0 Å². The van der Waals surface area contributed by atoms with Crippen molar-refractivity contribution in [2.75, 3.05) is 11.4 Å². The molecule has 1 atom stereocenters. The number of carbonyl (C=O) groups is 1. The topological polar surface area (TPSA) is 59.2 Å². The second-order valence-corrected chi connectivity index (χ2v) is 6.72. The molecule has 0 spiro atoms. The first-order valence-corrected chi connectivity index (χ1v) is 8.48. The van der Waals surface area contributed by atoms with Gasteiger partial charge in [-0.25, -0.2) is 4.39 Å². The Labute approximate surface area is 150 Å². The molecule has 0 aliphatic carbocycles. The van der Waals surface area contributed by atoms with Gasteiger partial charge in [0.25, 0.3) is 5.89 Å². The van der Waals surface area contributed by atoms with Gasteiger partial charge in [0.15, 0.2) is 5.82 Å². The number of amides is 1. The van der Waals surface area contributed by atoms with E-state index in [4.69, 9.17) is 4.52 Å². The Hall–Kier alpha value is -3.02. The lowest BCUT2D eigenvalue weighted by atomic mass is 10.1. The smallest absolute Gasteiger partial charge is 0.257 e. The zero-order chi connectivity index (χ0) is 18.3. The molecule has 0 unspecified atom stereocenters. The molecule has 1 aliphatic rings. The molecule has 4 rings (SSSR count). The van der Waals surface area contributed by atoms with E-state index in [0.717, 1.165) is 16.7 Å². The van der Waals surface area contributed by atoms with Gasteiger partial charge >= 0.3 is 0 Å². The monoisotopic (exact) mass is 351 g/mol. The number of rotatable bonds is 3. The standard InChI is InChI=1S/C20H18FN3O2/c1-12-7-13(2)9-14(8-12)20-22-19(23-26-20)15-10-18(25)24(11-15)17-5-3-16(21)4-6-17/h3-9,15H,10-11H2,1-2H3/t15-/m1/s1. The highest BCUT2D eigenvalue weighted by Crippen LogP contribution is 2.31. The summed E-state index contributed by atoms with van der Waals surface area (Å²) in [5.41, 5.74) is 3.80. The van der Waals surface area contributed by atoms with E-state index in [2.05, 4.69) is 16.2 Å². The summed E-state index contributed by atoms with van der Waals surface area (Å²) in [6.07, 6.45) is 0.309. The molecule has 1 saturated heterocycles.